The Morgan fingerprint density at radius 2 is 1.93 bits per heavy atom. The molecule has 2 N–H and O–H groups in total. The van der Waals surface area contributed by atoms with E-state index in [2.05, 4.69) is 20.8 Å². The molecule has 0 amide bonds. The molecule has 0 atom stereocenters. The molecule has 3 rings (SSSR count). The van der Waals surface area contributed by atoms with Gasteiger partial charge in [0.05, 0.1) is 6.54 Å². The lowest BCUT2D eigenvalue weighted by Gasteiger charge is -2.09. The summed E-state index contributed by atoms with van der Waals surface area (Å²) in [6, 6.07) is 9.20. The molecule has 0 bridgehead atoms. The molecular weight excluding hydrogens is 420 g/mol. The maximum absolute atomic E-state index is 13.7. The Morgan fingerprint density at radius 1 is 1.17 bits per heavy atom. The van der Waals surface area contributed by atoms with E-state index in [1.54, 1.807) is 42.1 Å². The minimum atomic E-state index is -4.45. The summed E-state index contributed by atoms with van der Waals surface area (Å²) in [6.07, 6.45) is -2.21. The van der Waals surface area contributed by atoms with Gasteiger partial charge in [0.15, 0.2) is 16.6 Å². The summed E-state index contributed by atoms with van der Waals surface area (Å²) in [6.45, 7) is 2.65. The number of alkyl halides is 3. The second kappa shape index (κ2) is 9.24. The summed E-state index contributed by atoms with van der Waals surface area (Å²) in [5, 5.41) is 14.1. The van der Waals surface area contributed by atoms with Gasteiger partial charge in [-0.25, -0.2) is 4.39 Å². The van der Waals surface area contributed by atoms with Crippen LogP contribution in [-0.4, -0.2) is 31.2 Å². The van der Waals surface area contributed by atoms with Gasteiger partial charge in [-0.2, -0.15) is 23.4 Å². The van der Waals surface area contributed by atoms with Crippen molar-refractivity contribution < 1.29 is 17.6 Å². The Morgan fingerprint density at radius 3 is 2.63 bits per heavy atom. The number of nitrogens with zero attached hydrogens (tertiary/aromatic N) is 4. The van der Waals surface area contributed by atoms with Crippen molar-refractivity contribution in [3.8, 4) is 0 Å². The van der Waals surface area contributed by atoms with E-state index in [0.717, 1.165) is 6.07 Å². The number of benzene rings is 1. The predicted octanol–water partition coefficient (Wildman–Crippen LogP) is 3.97. The van der Waals surface area contributed by atoms with Crippen molar-refractivity contribution in [1.82, 2.24) is 24.9 Å². The zero-order valence-corrected chi connectivity index (χ0v) is 16.9. The molecule has 2 aromatic heterocycles. The first-order chi connectivity index (χ1) is 14.2. The molecular formula is C19H20F4N6S. The highest BCUT2D eigenvalue weighted by Crippen LogP contribution is 2.28. The lowest BCUT2D eigenvalue weighted by atomic mass is 10.2. The first-order valence-electron chi connectivity index (χ1n) is 9.16. The predicted molar refractivity (Wildman–Crippen MR) is 109 cm³/mol. The molecule has 0 saturated heterocycles. The van der Waals surface area contributed by atoms with Crippen LogP contribution in [0.25, 0.3) is 0 Å². The van der Waals surface area contributed by atoms with Crippen LogP contribution in [0.3, 0.4) is 0 Å². The van der Waals surface area contributed by atoms with Crippen molar-refractivity contribution in [3.63, 3.8) is 0 Å². The summed E-state index contributed by atoms with van der Waals surface area (Å²) in [5.74, 6) is 0.205. The van der Waals surface area contributed by atoms with Crippen LogP contribution in [-0.2, 0) is 19.3 Å². The van der Waals surface area contributed by atoms with E-state index in [0.29, 0.717) is 41.7 Å². The number of thiocarbonyl (C=S) groups is 1. The molecule has 1 aromatic carbocycles. The highest BCUT2D eigenvalue weighted by atomic mass is 32.1. The van der Waals surface area contributed by atoms with Gasteiger partial charge in [-0.05, 0) is 37.7 Å². The maximum atomic E-state index is 13.7. The minimum Gasteiger partial charge on any atom is -0.362 e. The fraction of sp³-hybridized carbons (Fsp3) is 0.316. The molecule has 6 nitrogen and oxygen atoms in total. The molecule has 30 heavy (non-hydrogen) atoms. The minimum absolute atomic E-state index is 0.289. The quantitative estimate of drug-likeness (QED) is 0.331. The third kappa shape index (κ3) is 5.78. The Bertz CT molecular complexity index is 1010. The van der Waals surface area contributed by atoms with E-state index >= 15 is 0 Å². The van der Waals surface area contributed by atoms with E-state index in [-0.39, 0.29) is 12.4 Å². The van der Waals surface area contributed by atoms with Gasteiger partial charge in [0, 0.05) is 36.6 Å². The van der Waals surface area contributed by atoms with E-state index in [4.69, 9.17) is 12.2 Å². The second-order valence-corrected chi connectivity index (χ2v) is 7.02. The van der Waals surface area contributed by atoms with Crippen LogP contribution >= 0.6 is 12.2 Å². The third-order valence-electron chi connectivity index (χ3n) is 4.28. The van der Waals surface area contributed by atoms with Crippen LogP contribution in [0.1, 0.15) is 23.4 Å². The number of rotatable bonds is 7. The van der Waals surface area contributed by atoms with Crippen molar-refractivity contribution in [3.05, 3.63) is 65.4 Å². The molecule has 0 fully saturated rings. The zero-order chi connectivity index (χ0) is 21.7. The van der Waals surface area contributed by atoms with Crippen molar-refractivity contribution in [1.29, 1.82) is 0 Å². The smallest absolute Gasteiger partial charge is 0.362 e. The Labute approximate surface area is 175 Å². The number of hydrogen-bond acceptors (Lipinski definition) is 3. The van der Waals surface area contributed by atoms with Gasteiger partial charge in [-0.1, -0.05) is 18.2 Å². The third-order valence-corrected chi connectivity index (χ3v) is 4.52. The summed E-state index contributed by atoms with van der Waals surface area (Å²) < 4.78 is 54.7. The van der Waals surface area contributed by atoms with Gasteiger partial charge in [0.2, 0.25) is 0 Å². The van der Waals surface area contributed by atoms with Gasteiger partial charge < -0.3 is 10.6 Å². The van der Waals surface area contributed by atoms with Crippen molar-refractivity contribution in [2.24, 2.45) is 0 Å². The van der Waals surface area contributed by atoms with Crippen LogP contribution in [0.5, 0.6) is 0 Å². The molecule has 2 heterocycles. The number of nitrogens with one attached hydrogen (secondary N) is 2. The number of halogens is 4. The second-order valence-electron chi connectivity index (χ2n) is 6.62. The largest absolute Gasteiger partial charge is 0.435 e. The average molecular weight is 440 g/mol. The first kappa shape index (κ1) is 21.8. The fourth-order valence-corrected chi connectivity index (χ4v) is 2.99. The summed E-state index contributed by atoms with van der Waals surface area (Å²) >= 11 is 5.20. The summed E-state index contributed by atoms with van der Waals surface area (Å²) in [4.78, 5) is 0. The fourth-order valence-electron chi connectivity index (χ4n) is 2.78. The molecule has 0 radical (unpaired) electrons. The normalized spacial score (nSPS) is 11.5. The van der Waals surface area contributed by atoms with Crippen LogP contribution in [0.2, 0.25) is 0 Å². The molecule has 0 unspecified atom stereocenters. The van der Waals surface area contributed by atoms with Crippen molar-refractivity contribution >= 4 is 23.1 Å². The molecule has 0 spiro atoms. The standard InChI is InChI=1S/C19H20F4N6S/c1-13-11-16(19(21,22)23)26-29(13)9-4-8-24-18(30)25-17-7-10-28(27-17)12-14-5-2-3-6-15(14)20/h2-3,5-7,10-11H,4,8-9,12H2,1H3,(H2,24,25,27,30). The monoisotopic (exact) mass is 440 g/mol. The van der Waals surface area contributed by atoms with Crippen LogP contribution in [0.4, 0.5) is 23.4 Å². The van der Waals surface area contributed by atoms with E-state index in [9.17, 15) is 17.6 Å². The number of hydrogen-bond donors (Lipinski definition) is 2. The molecule has 0 saturated carbocycles. The Kier molecular flexibility index (Phi) is 6.70. The van der Waals surface area contributed by atoms with Crippen LogP contribution in [0.15, 0.2) is 42.6 Å². The van der Waals surface area contributed by atoms with Gasteiger partial charge >= 0.3 is 6.18 Å². The van der Waals surface area contributed by atoms with E-state index in [1.807, 2.05) is 0 Å². The number of aryl methyl sites for hydroxylation is 2. The van der Waals surface area contributed by atoms with Gasteiger partial charge in [0.1, 0.15) is 5.82 Å². The molecule has 160 valence electrons. The molecule has 0 aliphatic heterocycles. The number of aromatic nitrogens is 4. The highest BCUT2D eigenvalue weighted by Gasteiger charge is 2.34. The molecule has 0 aliphatic carbocycles. The lowest BCUT2D eigenvalue weighted by Crippen LogP contribution is -2.30. The summed E-state index contributed by atoms with van der Waals surface area (Å²) in [5.41, 5.74) is 0.0787. The average Bonchev–Trinajstić information content (AvgIpc) is 3.27. The molecule has 0 aliphatic rings. The first-order valence-corrected chi connectivity index (χ1v) is 9.56. The van der Waals surface area contributed by atoms with E-state index in [1.165, 1.54) is 10.7 Å². The lowest BCUT2D eigenvalue weighted by molar-refractivity contribution is -0.141. The van der Waals surface area contributed by atoms with Crippen LogP contribution in [0, 0.1) is 12.7 Å². The Hall–Kier alpha value is -2.95. The van der Waals surface area contributed by atoms with Gasteiger partial charge in [-0.3, -0.25) is 9.36 Å². The van der Waals surface area contributed by atoms with Gasteiger partial charge in [0.25, 0.3) is 0 Å². The topological polar surface area (TPSA) is 59.7 Å². The molecule has 3 aromatic rings. The molecule has 11 heteroatoms. The maximum Gasteiger partial charge on any atom is 0.435 e. The summed E-state index contributed by atoms with van der Waals surface area (Å²) in [7, 11) is 0. The van der Waals surface area contributed by atoms with Crippen molar-refractivity contribution in [2.75, 3.05) is 11.9 Å². The highest BCUT2D eigenvalue weighted by molar-refractivity contribution is 7.80. The van der Waals surface area contributed by atoms with E-state index < -0.39 is 11.9 Å². The SMILES string of the molecule is Cc1cc(C(F)(F)F)nn1CCCNC(=S)Nc1ccn(Cc2ccccc2F)n1. The van der Waals surface area contributed by atoms with Crippen molar-refractivity contribution in [2.45, 2.75) is 32.6 Å². The Balaban J connectivity index is 1.43. The van der Waals surface area contributed by atoms with Crippen LogP contribution < -0.4 is 10.6 Å². The number of anilines is 1. The van der Waals surface area contributed by atoms with Gasteiger partial charge in [-0.15, -0.1) is 0 Å². The zero-order valence-electron chi connectivity index (χ0n) is 16.1.